The van der Waals surface area contributed by atoms with Gasteiger partial charge in [-0.2, -0.15) is 0 Å². The maximum absolute atomic E-state index is 13.0. The third kappa shape index (κ3) is 4.09. The van der Waals surface area contributed by atoms with Crippen molar-refractivity contribution in [2.24, 2.45) is 0 Å². The van der Waals surface area contributed by atoms with Gasteiger partial charge in [-0.05, 0) is 24.8 Å². The fourth-order valence-corrected chi connectivity index (χ4v) is 4.49. The first-order chi connectivity index (χ1) is 13.2. The first kappa shape index (κ1) is 18.3. The second-order valence-electron chi connectivity index (χ2n) is 6.83. The van der Waals surface area contributed by atoms with Crippen molar-refractivity contribution in [1.29, 1.82) is 0 Å². The van der Waals surface area contributed by atoms with E-state index in [9.17, 15) is 9.59 Å². The number of fused-ring (bicyclic) bond motifs is 1. The molecule has 0 radical (unpaired) electrons. The first-order valence-electron chi connectivity index (χ1n) is 9.37. The Kier molecular flexibility index (Phi) is 5.59. The maximum Gasteiger partial charge on any atom is 0.258 e. The minimum atomic E-state index is -0.0466. The summed E-state index contributed by atoms with van der Waals surface area (Å²) in [5, 5.41) is 0.645. The van der Waals surface area contributed by atoms with Gasteiger partial charge in [-0.3, -0.25) is 14.2 Å². The van der Waals surface area contributed by atoms with E-state index in [4.69, 9.17) is 9.72 Å². The van der Waals surface area contributed by atoms with Crippen LogP contribution in [0, 0.1) is 0 Å². The van der Waals surface area contributed by atoms with Gasteiger partial charge >= 0.3 is 0 Å². The van der Waals surface area contributed by atoms with Gasteiger partial charge in [-0.15, -0.1) is 0 Å². The highest BCUT2D eigenvalue weighted by Gasteiger charge is 2.24. The van der Waals surface area contributed by atoms with E-state index in [1.54, 1.807) is 9.47 Å². The van der Waals surface area contributed by atoms with E-state index in [0.717, 1.165) is 36.3 Å². The Morgan fingerprint density at radius 3 is 2.70 bits per heavy atom. The van der Waals surface area contributed by atoms with Gasteiger partial charge in [0.05, 0.1) is 18.9 Å². The molecule has 142 valence electrons. The third-order valence-electron chi connectivity index (χ3n) is 5.02. The van der Waals surface area contributed by atoms with Crippen molar-refractivity contribution >= 4 is 17.7 Å². The molecule has 2 aliphatic rings. The van der Waals surface area contributed by atoms with Crippen LogP contribution in [-0.2, 0) is 34.7 Å². The average Bonchev–Trinajstić information content (AvgIpc) is 3.19. The van der Waals surface area contributed by atoms with Crippen LogP contribution in [0.3, 0.4) is 0 Å². The Hall–Kier alpha value is -2.12. The molecule has 2 heterocycles. The molecule has 1 fully saturated rings. The lowest BCUT2D eigenvalue weighted by Crippen LogP contribution is -2.44. The van der Waals surface area contributed by atoms with Gasteiger partial charge in [0.2, 0.25) is 5.91 Å². The molecular formula is C20H23N3O3S. The number of hydrogen-bond donors (Lipinski definition) is 0. The zero-order valence-corrected chi connectivity index (χ0v) is 16.0. The van der Waals surface area contributed by atoms with Crippen LogP contribution in [0.2, 0.25) is 0 Å². The standard InChI is InChI=1S/C20H23N3O3S/c24-18(22-9-11-26-12-10-22)13-23-19(25)16-7-4-8-17(16)21-20(23)27-14-15-5-2-1-3-6-15/h1-3,5-6H,4,7-14H2. The number of thioether (sulfide) groups is 1. The van der Waals surface area contributed by atoms with Gasteiger partial charge in [0, 0.05) is 24.4 Å². The van der Waals surface area contributed by atoms with Crippen molar-refractivity contribution in [3.05, 3.63) is 57.5 Å². The summed E-state index contributed by atoms with van der Waals surface area (Å²) in [6.07, 6.45) is 2.57. The summed E-state index contributed by atoms with van der Waals surface area (Å²) in [5.41, 5.74) is 2.82. The molecule has 1 amide bonds. The predicted molar refractivity (Wildman–Crippen MR) is 104 cm³/mol. The summed E-state index contributed by atoms with van der Waals surface area (Å²) in [7, 11) is 0. The summed E-state index contributed by atoms with van der Waals surface area (Å²) in [5.74, 6) is 0.680. The zero-order chi connectivity index (χ0) is 18.6. The Balaban J connectivity index is 1.60. The van der Waals surface area contributed by atoms with Crippen LogP contribution in [0.25, 0.3) is 0 Å². The second-order valence-corrected chi connectivity index (χ2v) is 7.77. The van der Waals surface area contributed by atoms with E-state index in [1.165, 1.54) is 17.3 Å². The molecule has 2 aromatic rings. The number of rotatable bonds is 5. The van der Waals surface area contributed by atoms with Crippen molar-refractivity contribution < 1.29 is 9.53 Å². The zero-order valence-electron chi connectivity index (χ0n) is 15.2. The molecule has 1 aliphatic carbocycles. The molecule has 0 saturated carbocycles. The van der Waals surface area contributed by atoms with E-state index in [2.05, 4.69) is 12.1 Å². The number of carbonyl (C=O) groups excluding carboxylic acids is 1. The van der Waals surface area contributed by atoms with Crippen molar-refractivity contribution in [2.45, 2.75) is 36.7 Å². The topological polar surface area (TPSA) is 64.4 Å². The molecule has 0 N–H and O–H groups in total. The molecular weight excluding hydrogens is 362 g/mol. The lowest BCUT2D eigenvalue weighted by molar-refractivity contribution is -0.136. The molecule has 7 heteroatoms. The van der Waals surface area contributed by atoms with Crippen molar-refractivity contribution in [3.63, 3.8) is 0 Å². The lowest BCUT2D eigenvalue weighted by Gasteiger charge is -2.27. The highest BCUT2D eigenvalue weighted by atomic mass is 32.2. The summed E-state index contributed by atoms with van der Waals surface area (Å²) in [4.78, 5) is 32.3. The van der Waals surface area contributed by atoms with Gasteiger partial charge in [0.1, 0.15) is 6.54 Å². The Morgan fingerprint density at radius 1 is 1.15 bits per heavy atom. The maximum atomic E-state index is 13.0. The number of benzene rings is 1. The minimum absolute atomic E-state index is 0.0401. The van der Waals surface area contributed by atoms with E-state index in [-0.39, 0.29) is 18.0 Å². The Morgan fingerprint density at radius 2 is 1.93 bits per heavy atom. The smallest absolute Gasteiger partial charge is 0.258 e. The quantitative estimate of drug-likeness (QED) is 0.581. The summed E-state index contributed by atoms with van der Waals surface area (Å²) in [6.45, 7) is 2.32. The molecule has 1 aliphatic heterocycles. The summed E-state index contributed by atoms with van der Waals surface area (Å²) in [6, 6.07) is 10.1. The van der Waals surface area contributed by atoms with Crippen molar-refractivity contribution in [3.8, 4) is 0 Å². The number of amides is 1. The molecule has 0 bridgehead atoms. The number of carbonyl (C=O) groups is 1. The normalized spacial score (nSPS) is 16.4. The minimum Gasteiger partial charge on any atom is -0.378 e. The number of hydrogen-bond acceptors (Lipinski definition) is 5. The molecule has 0 unspecified atom stereocenters. The van der Waals surface area contributed by atoms with Crippen LogP contribution < -0.4 is 5.56 Å². The second kappa shape index (κ2) is 8.27. The van der Waals surface area contributed by atoms with Gasteiger partial charge in [0.15, 0.2) is 5.16 Å². The Labute approximate surface area is 162 Å². The summed E-state index contributed by atoms with van der Waals surface area (Å²) >= 11 is 1.53. The largest absolute Gasteiger partial charge is 0.378 e. The molecule has 1 saturated heterocycles. The van der Waals surface area contributed by atoms with E-state index < -0.39 is 0 Å². The molecule has 6 nitrogen and oxygen atoms in total. The van der Waals surface area contributed by atoms with Crippen molar-refractivity contribution in [1.82, 2.24) is 14.5 Å². The fraction of sp³-hybridized carbons (Fsp3) is 0.450. The first-order valence-corrected chi connectivity index (χ1v) is 10.4. The van der Waals surface area contributed by atoms with Gasteiger partial charge in [-0.1, -0.05) is 42.1 Å². The molecule has 0 spiro atoms. The number of nitrogens with zero attached hydrogens (tertiary/aromatic N) is 3. The molecule has 1 aromatic heterocycles. The van der Waals surface area contributed by atoms with E-state index in [1.807, 2.05) is 18.2 Å². The van der Waals surface area contributed by atoms with Crippen LogP contribution in [0.5, 0.6) is 0 Å². The monoisotopic (exact) mass is 385 g/mol. The third-order valence-corrected chi connectivity index (χ3v) is 6.07. The number of aryl methyl sites for hydroxylation is 1. The van der Waals surface area contributed by atoms with Crippen molar-refractivity contribution in [2.75, 3.05) is 26.3 Å². The fourth-order valence-electron chi connectivity index (χ4n) is 3.53. The molecule has 27 heavy (non-hydrogen) atoms. The lowest BCUT2D eigenvalue weighted by atomic mass is 10.2. The van der Waals surface area contributed by atoms with Crippen LogP contribution in [-0.4, -0.2) is 46.7 Å². The van der Waals surface area contributed by atoms with Crippen LogP contribution >= 0.6 is 11.8 Å². The van der Waals surface area contributed by atoms with Gasteiger partial charge in [-0.25, -0.2) is 4.98 Å². The number of ether oxygens (including phenoxy) is 1. The molecule has 0 atom stereocenters. The highest BCUT2D eigenvalue weighted by Crippen LogP contribution is 2.24. The van der Waals surface area contributed by atoms with Gasteiger partial charge < -0.3 is 9.64 Å². The van der Waals surface area contributed by atoms with E-state index in [0.29, 0.717) is 31.5 Å². The highest BCUT2D eigenvalue weighted by molar-refractivity contribution is 7.98. The van der Waals surface area contributed by atoms with E-state index >= 15 is 0 Å². The number of morpholine rings is 1. The van der Waals surface area contributed by atoms with Crippen LogP contribution in [0.4, 0.5) is 0 Å². The predicted octanol–water partition coefficient (Wildman–Crippen LogP) is 1.88. The summed E-state index contributed by atoms with van der Waals surface area (Å²) < 4.78 is 6.90. The van der Waals surface area contributed by atoms with Crippen LogP contribution in [0.15, 0.2) is 40.3 Å². The molecule has 4 rings (SSSR count). The SMILES string of the molecule is O=C(Cn1c(SCc2ccccc2)nc2c(c1=O)CCC2)N1CCOCC1. The van der Waals surface area contributed by atoms with Crippen LogP contribution in [0.1, 0.15) is 23.2 Å². The number of aromatic nitrogens is 2. The van der Waals surface area contributed by atoms with Gasteiger partial charge in [0.25, 0.3) is 5.56 Å². The average molecular weight is 385 g/mol. The molecule has 1 aromatic carbocycles. The Bertz CT molecular complexity index is 876.